The molecule has 1 aliphatic heterocycles. The number of rotatable bonds is 38. The van der Waals surface area contributed by atoms with E-state index in [2.05, 4.69) is 235 Å². The molecule has 0 saturated carbocycles. The number of nitrogens with one attached hydrogen (secondary N) is 2. The Morgan fingerprint density at radius 3 is 0.897 bits per heavy atom. The Morgan fingerprint density at radius 2 is 0.614 bits per heavy atom. The third kappa shape index (κ3) is 33.5. The Kier molecular flexibility index (Phi) is 44.5. The number of aryl methyl sites for hydroxylation is 1. The normalized spacial score (nSPS) is 12.9. The Morgan fingerprint density at radius 1 is 0.310 bits per heavy atom. The predicted molar refractivity (Wildman–Crippen MR) is 599 cm³/mol. The zero-order valence-electron chi connectivity index (χ0n) is 85.6. The second-order valence-electron chi connectivity index (χ2n) is 35.6. The summed E-state index contributed by atoms with van der Waals surface area (Å²) in [6, 6.07) is 109. The summed E-state index contributed by atoms with van der Waals surface area (Å²) < 4.78 is 23.2. The molecule has 1 saturated heterocycles. The molecule has 0 amide bonds. The van der Waals surface area contributed by atoms with Gasteiger partial charge in [-0.25, -0.2) is 15.0 Å². The fourth-order valence-corrected chi connectivity index (χ4v) is 17.1. The molecular formula is C125H139ClN10O9. The van der Waals surface area contributed by atoms with Crippen molar-refractivity contribution in [2.24, 2.45) is 0 Å². The highest BCUT2D eigenvalue weighted by Gasteiger charge is 2.23. The molecule has 1 atom stereocenters. The summed E-state index contributed by atoms with van der Waals surface area (Å²) >= 11 is 0. The first-order valence-electron chi connectivity index (χ1n) is 49.8. The van der Waals surface area contributed by atoms with Crippen LogP contribution in [0.3, 0.4) is 0 Å². The van der Waals surface area contributed by atoms with Gasteiger partial charge in [0.2, 0.25) is 17.6 Å². The van der Waals surface area contributed by atoms with Gasteiger partial charge in [-0.1, -0.05) is 253 Å². The van der Waals surface area contributed by atoms with Crippen molar-refractivity contribution in [1.82, 2.24) is 50.3 Å². The smallest absolute Gasteiger partial charge is 0.213 e. The molecule has 19 nitrogen and oxygen atoms in total. The van der Waals surface area contributed by atoms with E-state index in [-0.39, 0.29) is 47.3 Å². The van der Waals surface area contributed by atoms with E-state index >= 15 is 0 Å². The second kappa shape index (κ2) is 58.5. The quantitative estimate of drug-likeness (QED) is 0.0141. The summed E-state index contributed by atoms with van der Waals surface area (Å²) in [5.74, 6) is 3.96. The van der Waals surface area contributed by atoms with Crippen molar-refractivity contribution in [2.75, 3.05) is 108 Å². The number of likely N-dealkylation sites (N-methyl/N-ethyl adjacent to an activating group) is 3. The van der Waals surface area contributed by atoms with Crippen LogP contribution in [0.25, 0.3) is 55.7 Å². The fraction of sp³-hybridized carbons (Fsp3) is 0.240. The number of allylic oxidation sites excluding steroid dienone is 5. The van der Waals surface area contributed by atoms with Crippen LogP contribution in [-0.2, 0) is 6.42 Å². The van der Waals surface area contributed by atoms with Crippen molar-refractivity contribution >= 4 is 68.1 Å². The van der Waals surface area contributed by atoms with E-state index in [1.54, 1.807) is 66.9 Å². The van der Waals surface area contributed by atoms with E-state index in [0.29, 0.717) is 37.5 Å². The van der Waals surface area contributed by atoms with E-state index in [1.165, 1.54) is 61.3 Å². The SMILES string of the molecule is CC/C(=C(/c1ccc(O)cc1)c1ccc(OCCNC)nc1)c1ccccc1.CC/C(=C(\c1ccc(O)cc1)c1ccc(OC2CCNC2)nc1)c1ccccc1.CC/C(=C(\c1ccc(O)cc1)c1ccc(OCCN(C)C)nc1)c1ccccc1.CCC(=C(c1ccc(O)cc1)c1ccc(CCCN(C)C)nc1)c1ccccc1.CCC(=C(c1ccc(O)cc1)c1ccc(OCCN(C)C)cn1)c1ccccc1.Cl. The minimum absolute atomic E-state index is 0. The van der Waals surface area contributed by atoms with Crippen LogP contribution in [0.2, 0.25) is 0 Å². The first-order chi connectivity index (χ1) is 70.2. The Hall–Kier alpha value is -15.1. The van der Waals surface area contributed by atoms with Crippen LogP contribution >= 0.6 is 12.4 Å². The van der Waals surface area contributed by atoms with Gasteiger partial charge in [0, 0.05) is 103 Å². The van der Waals surface area contributed by atoms with Gasteiger partial charge in [-0.05, 0) is 317 Å². The molecule has 1 aliphatic rings. The van der Waals surface area contributed by atoms with Crippen molar-refractivity contribution in [2.45, 2.75) is 92.1 Å². The number of aromatic hydroxyl groups is 5. The van der Waals surface area contributed by atoms with Gasteiger partial charge < -0.3 is 69.8 Å². The van der Waals surface area contributed by atoms with Crippen LogP contribution in [0.4, 0.5) is 0 Å². The molecule has 15 aromatic rings. The van der Waals surface area contributed by atoms with E-state index < -0.39 is 0 Å². The van der Waals surface area contributed by atoms with Gasteiger partial charge in [0.15, 0.2) is 0 Å². The molecule has 10 aromatic carbocycles. The average Bonchev–Trinajstić information content (AvgIpc) is 1.34. The molecule has 145 heavy (non-hydrogen) atoms. The molecule has 7 N–H and O–H groups in total. The maximum Gasteiger partial charge on any atom is 0.213 e. The van der Waals surface area contributed by atoms with Gasteiger partial charge in [-0.15, -0.1) is 12.4 Å². The summed E-state index contributed by atoms with van der Waals surface area (Å²) in [6.45, 7) is 18.0. The van der Waals surface area contributed by atoms with Crippen LogP contribution in [-0.4, -0.2) is 180 Å². The zero-order valence-corrected chi connectivity index (χ0v) is 86.4. The average molecular weight is 1960 g/mol. The third-order valence-electron chi connectivity index (χ3n) is 24.4. The minimum Gasteiger partial charge on any atom is -0.508 e. The minimum atomic E-state index is 0. The molecule has 1 fully saturated rings. The van der Waals surface area contributed by atoms with Gasteiger partial charge in [-0.2, -0.15) is 0 Å². The van der Waals surface area contributed by atoms with Crippen LogP contribution in [0, 0.1) is 0 Å². The third-order valence-corrected chi connectivity index (χ3v) is 24.4. The van der Waals surface area contributed by atoms with Crippen LogP contribution in [0.1, 0.15) is 169 Å². The number of halogens is 1. The summed E-state index contributed by atoms with van der Waals surface area (Å²) in [5, 5.41) is 55.0. The lowest BCUT2D eigenvalue weighted by molar-refractivity contribution is 0.214. The summed E-state index contributed by atoms with van der Waals surface area (Å²) in [7, 11) is 14.2. The van der Waals surface area contributed by atoms with E-state index in [0.717, 1.165) is 180 Å². The van der Waals surface area contributed by atoms with Gasteiger partial charge in [0.25, 0.3) is 0 Å². The molecule has 16 rings (SSSR count). The number of ether oxygens (including phenoxy) is 4. The highest BCUT2D eigenvalue weighted by Crippen LogP contribution is 2.42. The molecule has 0 aliphatic carbocycles. The second-order valence-corrected chi connectivity index (χ2v) is 35.6. The number of phenolic OH excluding ortho intramolecular Hbond substituents is 5. The van der Waals surface area contributed by atoms with Crippen molar-refractivity contribution in [1.29, 1.82) is 0 Å². The Bertz CT molecular complexity index is 6140. The lowest BCUT2D eigenvalue weighted by Crippen LogP contribution is -2.20. The highest BCUT2D eigenvalue weighted by atomic mass is 35.5. The fourth-order valence-electron chi connectivity index (χ4n) is 17.1. The van der Waals surface area contributed by atoms with Gasteiger partial charge in [0.05, 0.1) is 11.9 Å². The van der Waals surface area contributed by atoms with Gasteiger partial charge in [-0.3, -0.25) is 9.97 Å². The number of hydrogen-bond donors (Lipinski definition) is 7. The molecule has 5 aromatic heterocycles. The number of benzene rings is 10. The maximum absolute atomic E-state index is 9.75. The molecule has 20 heteroatoms. The van der Waals surface area contributed by atoms with Crippen molar-refractivity contribution < 1.29 is 44.5 Å². The van der Waals surface area contributed by atoms with Crippen LogP contribution < -0.4 is 29.6 Å². The topological polar surface area (TPSA) is 236 Å². The van der Waals surface area contributed by atoms with Gasteiger partial charge in [0.1, 0.15) is 60.4 Å². The summed E-state index contributed by atoms with van der Waals surface area (Å²) in [5.41, 5.74) is 29.2. The van der Waals surface area contributed by atoms with Crippen molar-refractivity contribution in [3.8, 4) is 52.1 Å². The monoisotopic (exact) mass is 1960 g/mol. The molecule has 1 unspecified atom stereocenters. The maximum atomic E-state index is 9.75. The number of phenols is 5. The van der Waals surface area contributed by atoms with Crippen molar-refractivity contribution in [3.63, 3.8) is 0 Å². The largest absolute Gasteiger partial charge is 0.508 e. The molecule has 0 spiro atoms. The predicted octanol–water partition coefficient (Wildman–Crippen LogP) is 25.9. The van der Waals surface area contributed by atoms with Gasteiger partial charge >= 0.3 is 0 Å². The lowest BCUT2D eigenvalue weighted by atomic mass is 9.89. The number of nitrogens with zero attached hydrogens (tertiary/aromatic N) is 8. The number of hydrogen-bond acceptors (Lipinski definition) is 19. The molecule has 6 heterocycles. The molecule has 0 radical (unpaired) electrons. The van der Waals surface area contributed by atoms with Crippen LogP contribution in [0.5, 0.6) is 52.1 Å². The van der Waals surface area contributed by atoms with E-state index in [4.69, 9.17) is 28.9 Å². The zero-order chi connectivity index (χ0) is 102. The van der Waals surface area contributed by atoms with Crippen molar-refractivity contribution in [3.05, 3.63) is 454 Å². The van der Waals surface area contributed by atoms with E-state index in [1.807, 2.05) is 187 Å². The Balaban J connectivity index is 0.000000172. The highest BCUT2D eigenvalue weighted by molar-refractivity contribution is 6.02. The molecule has 750 valence electrons. The first kappa shape index (κ1) is 110. The standard InChI is InChI=1S/C26H30N2O.C25H26N2O2.2C25H28N2O2.C24H26N2O2.ClH/c1-4-25(20-9-6-5-7-10-20)26(21-13-16-24(29)17-14-21)22-12-15-23(27-19-22)11-8-18-28(2)3;1-2-23(18-6-4-3-5-7-18)25(19-8-11-21(28)12-9-19)20-10-13-24(27-16-20)29-22-14-15-26-17-22;1-4-23(19-8-6-5-7-9-19)25(20-10-13-22(28)14-11-20)21-12-15-24(26-18-21)29-17-16-27(2)3;1-4-23(19-8-6-5-7-9-19)25(20-10-12-21(28)13-11-20)24-15-14-22(18-26-24)29-17-16-27(2)3;1-3-22(18-7-5-4-6-8-18)24(19-9-12-21(27)13-10-19)20-11-14-23(26-17-20)28-16-15-25-2;/h5-7,9-10,12-17,19,29H,4,8,11,18H2,1-3H3;3-13,16,22,26,28H,2,14-15,17H2,1H3;2*5-15,18,28H,4,16-17H2,1-3H3;4-14,17,25,27H,3,15-16H2,1-2H3;1H/b;2*25-23-;;24-22+;. The number of aromatic nitrogens is 5. The molecule has 0 bridgehead atoms. The Labute approximate surface area is 863 Å². The summed E-state index contributed by atoms with van der Waals surface area (Å²) in [6.07, 6.45) is 17.1. The first-order valence-corrected chi connectivity index (χ1v) is 49.8. The summed E-state index contributed by atoms with van der Waals surface area (Å²) in [4.78, 5) is 29.4. The van der Waals surface area contributed by atoms with E-state index in [9.17, 15) is 25.5 Å². The number of pyridine rings is 5. The molecular weight excluding hydrogens is 1820 g/mol. The van der Waals surface area contributed by atoms with Crippen LogP contribution in [0.15, 0.2) is 365 Å². The lowest BCUT2D eigenvalue weighted by Gasteiger charge is -2.17.